The number of carbonyl (C=O) groups excluding carboxylic acids is 1. The average Bonchev–Trinajstić information content (AvgIpc) is 2.96. The van der Waals surface area contributed by atoms with E-state index in [1.165, 1.54) is 51.0 Å². The molecular formula is C20H24FN3O2. The zero-order valence-electron chi connectivity index (χ0n) is 15.0. The second-order valence-electron chi connectivity index (χ2n) is 6.46. The van der Waals surface area contributed by atoms with E-state index in [1.807, 2.05) is 12.1 Å². The van der Waals surface area contributed by atoms with Crippen LogP contribution in [0.3, 0.4) is 0 Å². The molecule has 1 aliphatic rings. The molecule has 0 spiro atoms. The first-order valence-electron chi connectivity index (χ1n) is 8.99. The minimum Gasteiger partial charge on any atom is -0.494 e. The SMILES string of the molecule is COc1ccc(C(=O)NCc2ccc(N3CCCCCC3)nc2)cc1F. The summed E-state index contributed by atoms with van der Waals surface area (Å²) in [4.78, 5) is 19.0. The van der Waals surface area contributed by atoms with Crippen LogP contribution in [0.1, 0.15) is 41.6 Å². The maximum absolute atomic E-state index is 13.7. The van der Waals surface area contributed by atoms with Gasteiger partial charge < -0.3 is 15.0 Å². The average molecular weight is 357 g/mol. The Bertz CT molecular complexity index is 741. The van der Waals surface area contributed by atoms with Gasteiger partial charge >= 0.3 is 0 Å². The molecule has 2 aromatic rings. The minimum absolute atomic E-state index is 0.120. The largest absolute Gasteiger partial charge is 0.494 e. The summed E-state index contributed by atoms with van der Waals surface area (Å²) in [5.74, 6) is 0.223. The Labute approximate surface area is 153 Å². The molecule has 1 fully saturated rings. The highest BCUT2D eigenvalue weighted by atomic mass is 19.1. The highest BCUT2D eigenvalue weighted by Crippen LogP contribution is 2.19. The van der Waals surface area contributed by atoms with Gasteiger partial charge in [0.2, 0.25) is 0 Å². The molecule has 2 heterocycles. The highest BCUT2D eigenvalue weighted by Gasteiger charge is 2.12. The van der Waals surface area contributed by atoms with Gasteiger partial charge in [-0.3, -0.25) is 4.79 Å². The summed E-state index contributed by atoms with van der Waals surface area (Å²) >= 11 is 0. The van der Waals surface area contributed by atoms with Crippen molar-refractivity contribution in [2.45, 2.75) is 32.2 Å². The molecule has 0 aliphatic carbocycles. The monoisotopic (exact) mass is 357 g/mol. The predicted octanol–water partition coefficient (Wildman–Crippen LogP) is 3.54. The molecule has 0 unspecified atom stereocenters. The van der Waals surface area contributed by atoms with Crippen LogP contribution in [0.2, 0.25) is 0 Å². The van der Waals surface area contributed by atoms with E-state index in [0.717, 1.165) is 24.5 Å². The van der Waals surface area contributed by atoms with E-state index < -0.39 is 5.82 Å². The molecule has 0 saturated carbocycles. The summed E-state index contributed by atoms with van der Waals surface area (Å²) in [6.45, 7) is 2.44. The normalized spacial score (nSPS) is 14.6. The van der Waals surface area contributed by atoms with Crippen LogP contribution in [0.15, 0.2) is 36.5 Å². The van der Waals surface area contributed by atoms with Crippen LogP contribution in [0.5, 0.6) is 5.75 Å². The number of benzene rings is 1. The van der Waals surface area contributed by atoms with Gasteiger partial charge in [0.15, 0.2) is 11.6 Å². The Morgan fingerprint density at radius 3 is 2.58 bits per heavy atom. The quantitative estimate of drug-likeness (QED) is 0.889. The molecule has 3 rings (SSSR count). The maximum atomic E-state index is 13.7. The predicted molar refractivity (Wildman–Crippen MR) is 99.0 cm³/mol. The Morgan fingerprint density at radius 1 is 1.19 bits per heavy atom. The summed E-state index contributed by atoms with van der Waals surface area (Å²) in [5.41, 5.74) is 1.17. The number of methoxy groups -OCH3 is 1. The van der Waals surface area contributed by atoms with Gasteiger partial charge in [0.05, 0.1) is 7.11 Å². The van der Waals surface area contributed by atoms with Crippen molar-refractivity contribution in [2.75, 3.05) is 25.1 Å². The number of nitrogens with one attached hydrogen (secondary N) is 1. The number of amides is 1. The third-order valence-corrected chi connectivity index (χ3v) is 4.61. The van der Waals surface area contributed by atoms with Crippen LogP contribution < -0.4 is 15.0 Å². The van der Waals surface area contributed by atoms with E-state index in [2.05, 4.69) is 15.2 Å². The van der Waals surface area contributed by atoms with Gasteiger partial charge in [-0.25, -0.2) is 9.37 Å². The zero-order chi connectivity index (χ0) is 18.4. The number of aromatic nitrogens is 1. The van der Waals surface area contributed by atoms with E-state index in [0.29, 0.717) is 6.54 Å². The van der Waals surface area contributed by atoms with E-state index in [1.54, 1.807) is 6.20 Å². The smallest absolute Gasteiger partial charge is 0.251 e. The molecule has 1 aromatic heterocycles. The molecular weight excluding hydrogens is 333 g/mol. The molecule has 1 aliphatic heterocycles. The fourth-order valence-electron chi connectivity index (χ4n) is 3.10. The van der Waals surface area contributed by atoms with E-state index in [9.17, 15) is 9.18 Å². The second kappa shape index (κ2) is 8.65. The lowest BCUT2D eigenvalue weighted by Crippen LogP contribution is -2.25. The summed E-state index contributed by atoms with van der Waals surface area (Å²) in [6, 6.07) is 8.14. The lowest BCUT2D eigenvalue weighted by Gasteiger charge is -2.21. The lowest BCUT2D eigenvalue weighted by molar-refractivity contribution is 0.0950. The topological polar surface area (TPSA) is 54.5 Å². The Kier molecular flexibility index (Phi) is 6.04. The molecule has 0 bridgehead atoms. The van der Waals surface area contributed by atoms with E-state index in [4.69, 9.17) is 4.74 Å². The van der Waals surface area contributed by atoms with Crippen molar-refractivity contribution < 1.29 is 13.9 Å². The van der Waals surface area contributed by atoms with Gasteiger partial charge in [-0.05, 0) is 42.7 Å². The Morgan fingerprint density at radius 2 is 1.96 bits per heavy atom. The molecule has 1 amide bonds. The zero-order valence-corrected chi connectivity index (χ0v) is 15.0. The van der Waals surface area contributed by atoms with Gasteiger partial charge in [0, 0.05) is 31.4 Å². The molecule has 5 nitrogen and oxygen atoms in total. The Balaban J connectivity index is 1.57. The van der Waals surface area contributed by atoms with Crippen molar-refractivity contribution in [3.63, 3.8) is 0 Å². The van der Waals surface area contributed by atoms with Crippen molar-refractivity contribution >= 4 is 11.7 Å². The van der Waals surface area contributed by atoms with Crippen LogP contribution in [0, 0.1) is 5.82 Å². The first-order valence-corrected chi connectivity index (χ1v) is 8.99. The van der Waals surface area contributed by atoms with Gasteiger partial charge in [0.1, 0.15) is 5.82 Å². The summed E-state index contributed by atoms with van der Waals surface area (Å²) in [5, 5.41) is 2.79. The molecule has 138 valence electrons. The maximum Gasteiger partial charge on any atom is 0.251 e. The van der Waals surface area contributed by atoms with Crippen LogP contribution in [-0.4, -0.2) is 31.1 Å². The number of anilines is 1. The first kappa shape index (κ1) is 18.2. The number of nitrogens with zero attached hydrogens (tertiary/aromatic N) is 2. The van der Waals surface area contributed by atoms with Crippen molar-refractivity contribution in [3.8, 4) is 5.75 Å². The van der Waals surface area contributed by atoms with Crippen LogP contribution in [0.25, 0.3) is 0 Å². The second-order valence-corrected chi connectivity index (χ2v) is 6.46. The van der Waals surface area contributed by atoms with Crippen molar-refractivity contribution in [3.05, 3.63) is 53.5 Å². The van der Waals surface area contributed by atoms with Crippen molar-refractivity contribution in [1.82, 2.24) is 10.3 Å². The fraction of sp³-hybridized carbons (Fsp3) is 0.400. The van der Waals surface area contributed by atoms with E-state index in [-0.39, 0.29) is 17.2 Å². The molecule has 26 heavy (non-hydrogen) atoms. The summed E-state index contributed by atoms with van der Waals surface area (Å²) < 4.78 is 18.6. The van der Waals surface area contributed by atoms with Gasteiger partial charge in [-0.15, -0.1) is 0 Å². The van der Waals surface area contributed by atoms with E-state index >= 15 is 0 Å². The molecule has 1 N–H and O–H groups in total. The highest BCUT2D eigenvalue weighted by molar-refractivity contribution is 5.94. The lowest BCUT2D eigenvalue weighted by atomic mass is 10.2. The van der Waals surface area contributed by atoms with Gasteiger partial charge in [-0.2, -0.15) is 0 Å². The first-order chi connectivity index (χ1) is 12.7. The standard InChI is InChI=1S/C20H24FN3O2/c1-26-18-8-7-16(12-17(18)21)20(25)23-14-15-6-9-19(22-13-15)24-10-4-2-3-5-11-24/h6-9,12-13H,2-5,10-11,14H2,1H3,(H,23,25). The van der Waals surface area contributed by atoms with Gasteiger partial charge in [-0.1, -0.05) is 18.9 Å². The van der Waals surface area contributed by atoms with Crippen molar-refractivity contribution in [1.29, 1.82) is 0 Å². The van der Waals surface area contributed by atoms with Crippen LogP contribution in [-0.2, 0) is 6.54 Å². The molecule has 6 heteroatoms. The number of hydrogen-bond acceptors (Lipinski definition) is 4. The van der Waals surface area contributed by atoms with Gasteiger partial charge in [0.25, 0.3) is 5.91 Å². The van der Waals surface area contributed by atoms with Crippen LogP contribution >= 0.6 is 0 Å². The van der Waals surface area contributed by atoms with Crippen molar-refractivity contribution in [2.24, 2.45) is 0 Å². The number of ether oxygens (including phenoxy) is 1. The minimum atomic E-state index is -0.552. The number of halogens is 1. The molecule has 0 radical (unpaired) electrons. The molecule has 1 aromatic carbocycles. The Hall–Kier alpha value is -2.63. The number of rotatable bonds is 5. The molecule has 1 saturated heterocycles. The molecule has 0 atom stereocenters. The number of hydrogen-bond donors (Lipinski definition) is 1. The number of pyridine rings is 1. The number of carbonyl (C=O) groups is 1. The third-order valence-electron chi connectivity index (χ3n) is 4.61. The summed E-state index contributed by atoms with van der Waals surface area (Å²) in [7, 11) is 1.39. The fourth-order valence-corrected chi connectivity index (χ4v) is 3.10. The van der Waals surface area contributed by atoms with Crippen LogP contribution in [0.4, 0.5) is 10.2 Å². The third kappa shape index (κ3) is 4.50. The summed E-state index contributed by atoms with van der Waals surface area (Å²) in [6.07, 6.45) is 6.77.